The maximum absolute atomic E-state index is 11.1. The lowest BCUT2D eigenvalue weighted by Crippen LogP contribution is -2.42. The lowest BCUT2D eigenvalue weighted by molar-refractivity contribution is -0.0645. The molecule has 2 aromatic carbocycles. The van der Waals surface area contributed by atoms with E-state index in [4.69, 9.17) is 14.6 Å². The second kappa shape index (κ2) is 6.17. The van der Waals surface area contributed by atoms with Gasteiger partial charge < -0.3 is 19.7 Å². The summed E-state index contributed by atoms with van der Waals surface area (Å²) in [4.78, 5) is 11.0. The smallest absolute Gasteiger partial charge is 0.335 e. The Morgan fingerprint density at radius 1 is 1.08 bits per heavy atom. The van der Waals surface area contributed by atoms with Crippen molar-refractivity contribution < 1.29 is 24.5 Å². The van der Waals surface area contributed by atoms with E-state index in [0.717, 1.165) is 17.5 Å². The Morgan fingerprint density at radius 3 is 2.08 bits per heavy atom. The Balaban J connectivity index is 1.94. The van der Waals surface area contributed by atoms with Crippen LogP contribution in [0.1, 0.15) is 40.2 Å². The second-order valence-electron chi connectivity index (χ2n) is 6.04. The number of benzene rings is 2. The number of rotatable bonds is 5. The Kier molecular flexibility index (Phi) is 4.20. The molecule has 0 saturated heterocycles. The quantitative estimate of drug-likeness (QED) is 0.882. The van der Waals surface area contributed by atoms with Crippen LogP contribution in [0, 0.1) is 0 Å². The summed E-state index contributed by atoms with van der Waals surface area (Å²) in [5, 5.41) is 20.1. The summed E-state index contributed by atoms with van der Waals surface area (Å²) in [7, 11) is 3.19. The van der Waals surface area contributed by atoms with Crippen molar-refractivity contribution >= 4 is 5.97 Å². The first-order valence-corrected chi connectivity index (χ1v) is 7.77. The van der Waals surface area contributed by atoms with Gasteiger partial charge in [0, 0.05) is 12.0 Å². The normalized spacial score (nSPS) is 22.5. The summed E-state index contributed by atoms with van der Waals surface area (Å²) in [5.74, 6) is 0.299. The Bertz CT molecular complexity index is 731. The van der Waals surface area contributed by atoms with E-state index in [0.29, 0.717) is 17.9 Å². The first-order valence-electron chi connectivity index (χ1n) is 7.77. The number of carbonyl (C=O) groups is 1. The molecule has 1 aliphatic carbocycles. The van der Waals surface area contributed by atoms with Crippen LogP contribution < -0.4 is 9.47 Å². The lowest BCUT2D eigenvalue weighted by atomic mass is 9.63. The van der Waals surface area contributed by atoms with Crippen LogP contribution in [-0.2, 0) is 5.60 Å². The molecule has 1 fully saturated rings. The molecular weight excluding hydrogens is 308 g/mol. The average molecular weight is 328 g/mol. The zero-order chi connectivity index (χ0) is 17.3. The highest BCUT2D eigenvalue weighted by Crippen LogP contribution is 2.53. The van der Waals surface area contributed by atoms with Gasteiger partial charge in [-0.2, -0.15) is 0 Å². The molecular formula is C19H20O5. The molecule has 3 rings (SSSR count). The van der Waals surface area contributed by atoms with Crippen molar-refractivity contribution in [2.75, 3.05) is 14.2 Å². The van der Waals surface area contributed by atoms with Gasteiger partial charge in [-0.25, -0.2) is 4.79 Å². The summed E-state index contributed by atoms with van der Waals surface area (Å²) in [6, 6.07) is 12.0. The lowest BCUT2D eigenvalue weighted by Gasteiger charge is -2.46. The number of hydrogen-bond acceptors (Lipinski definition) is 4. The molecule has 2 atom stereocenters. The van der Waals surface area contributed by atoms with Crippen molar-refractivity contribution in [1.29, 1.82) is 0 Å². The SMILES string of the molecule is COc1cc(OC)cc([C@H]2CC[C@@]2(O)c2ccc(C(=O)O)cc2)c1. The van der Waals surface area contributed by atoms with Crippen LogP contribution >= 0.6 is 0 Å². The van der Waals surface area contributed by atoms with Crippen LogP contribution in [0.3, 0.4) is 0 Å². The molecule has 0 radical (unpaired) electrons. The number of methoxy groups -OCH3 is 2. The van der Waals surface area contributed by atoms with E-state index in [-0.39, 0.29) is 11.5 Å². The highest BCUT2D eigenvalue weighted by atomic mass is 16.5. The molecule has 5 nitrogen and oxygen atoms in total. The predicted molar refractivity (Wildman–Crippen MR) is 88.8 cm³/mol. The highest BCUT2D eigenvalue weighted by molar-refractivity contribution is 5.87. The summed E-state index contributed by atoms with van der Waals surface area (Å²) in [6.07, 6.45) is 1.47. The number of carboxylic acid groups (broad SMARTS) is 1. The number of aromatic carboxylic acids is 1. The molecule has 0 unspecified atom stereocenters. The molecule has 2 aromatic rings. The van der Waals surface area contributed by atoms with Gasteiger partial charge >= 0.3 is 5.97 Å². The third-order valence-corrected chi connectivity index (χ3v) is 4.80. The number of carboxylic acids is 1. The van der Waals surface area contributed by atoms with Crippen molar-refractivity contribution in [3.05, 3.63) is 59.2 Å². The third kappa shape index (κ3) is 2.71. The van der Waals surface area contributed by atoms with Gasteiger partial charge in [-0.1, -0.05) is 12.1 Å². The Labute approximate surface area is 140 Å². The highest BCUT2D eigenvalue weighted by Gasteiger charge is 2.47. The van der Waals surface area contributed by atoms with Crippen LogP contribution in [0.15, 0.2) is 42.5 Å². The molecule has 24 heavy (non-hydrogen) atoms. The van der Waals surface area contributed by atoms with E-state index >= 15 is 0 Å². The summed E-state index contributed by atoms with van der Waals surface area (Å²) >= 11 is 0. The Hall–Kier alpha value is -2.53. The molecule has 0 bridgehead atoms. The van der Waals surface area contributed by atoms with E-state index in [1.54, 1.807) is 32.4 Å². The molecule has 5 heteroatoms. The fraction of sp³-hybridized carbons (Fsp3) is 0.316. The molecule has 0 aromatic heterocycles. The first-order chi connectivity index (χ1) is 11.5. The van der Waals surface area contributed by atoms with Gasteiger partial charge in [0.2, 0.25) is 0 Å². The zero-order valence-electron chi connectivity index (χ0n) is 13.7. The van der Waals surface area contributed by atoms with Crippen LogP contribution in [0.4, 0.5) is 0 Å². The van der Waals surface area contributed by atoms with Gasteiger partial charge in [0.15, 0.2) is 0 Å². The fourth-order valence-corrected chi connectivity index (χ4v) is 3.28. The van der Waals surface area contributed by atoms with Crippen molar-refractivity contribution in [2.24, 2.45) is 0 Å². The van der Waals surface area contributed by atoms with Gasteiger partial charge in [-0.3, -0.25) is 0 Å². The maximum Gasteiger partial charge on any atom is 0.335 e. The van der Waals surface area contributed by atoms with E-state index in [1.807, 2.05) is 12.1 Å². The first kappa shape index (κ1) is 16.3. The van der Waals surface area contributed by atoms with Crippen LogP contribution in [0.25, 0.3) is 0 Å². The van der Waals surface area contributed by atoms with E-state index in [2.05, 4.69) is 0 Å². The number of aliphatic hydroxyl groups is 1. The van der Waals surface area contributed by atoms with E-state index < -0.39 is 11.6 Å². The van der Waals surface area contributed by atoms with Crippen LogP contribution in [0.2, 0.25) is 0 Å². The van der Waals surface area contributed by atoms with Crippen molar-refractivity contribution in [3.8, 4) is 11.5 Å². The molecule has 0 aliphatic heterocycles. The average Bonchev–Trinajstić information content (AvgIpc) is 2.59. The van der Waals surface area contributed by atoms with Crippen molar-refractivity contribution in [1.82, 2.24) is 0 Å². The molecule has 0 spiro atoms. The van der Waals surface area contributed by atoms with Gasteiger partial charge in [0.05, 0.1) is 25.4 Å². The largest absolute Gasteiger partial charge is 0.497 e. The molecule has 0 amide bonds. The Morgan fingerprint density at radius 2 is 1.67 bits per heavy atom. The topological polar surface area (TPSA) is 76.0 Å². The minimum atomic E-state index is -1.01. The molecule has 126 valence electrons. The molecule has 1 aliphatic rings. The van der Waals surface area contributed by atoms with Gasteiger partial charge in [0.1, 0.15) is 11.5 Å². The predicted octanol–water partition coefficient (Wildman–Crippen LogP) is 3.17. The van der Waals surface area contributed by atoms with Crippen molar-refractivity contribution in [3.63, 3.8) is 0 Å². The zero-order valence-corrected chi connectivity index (χ0v) is 13.7. The van der Waals surface area contributed by atoms with E-state index in [1.165, 1.54) is 12.1 Å². The van der Waals surface area contributed by atoms with Crippen molar-refractivity contribution in [2.45, 2.75) is 24.4 Å². The van der Waals surface area contributed by atoms with Gasteiger partial charge in [0.25, 0.3) is 0 Å². The third-order valence-electron chi connectivity index (χ3n) is 4.80. The monoisotopic (exact) mass is 328 g/mol. The van der Waals surface area contributed by atoms with Gasteiger partial charge in [-0.15, -0.1) is 0 Å². The molecule has 0 heterocycles. The minimum absolute atomic E-state index is 0.0859. The minimum Gasteiger partial charge on any atom is -0.497 e. The van der Waals surface area contributed by atoms with Crippen LogP contribution in [-0.4, -0.2) is 30.4 Å². The summed E-state index contributed by atoms with van der Waals surface area (Å²) in [5.41, 5.74) is 0.878. The fourth-order valence-electron chi connectivity index (χ4n) is 3.28. The van der Waals surface area contributed by atoms with E-state index in [9.17, 15) is 9.90 Å². The molecule has 2 N–H and O–H groups in total. The standard InChI is InChI=1S/C19H20O5/c1-23-15-9-13(10-16(11-15)24-2)17-7-8-19(17,22)14-5-3-12(4-6-14)18(20)21/h3-6,9-11,17,22H,7-8H2,1-2H3,(H,20,21)/t17-,19-/m1/s1. The number of ether oxygens (including phenoxy) is 2. The summed E-state index contributed by atoms with van der Waals surface area (Å²) in [6.45, 7) is 0. The number of hydrogen-bond donors (Lipinski definition) is 2. The second-order valence-corrected chi connectivity index (χ2v) is 6.04. The van der Waals surface area contributed by atoms with Crippen LogP contribution in [0.5, 0.6) is 11.5 Å². The molecule has 1 saturated carbocycles. The summed E-state index contributed by atoms with van der Waals surface area (Å²) < 4.78 is 10.6. The van der Waals surface area contributed by atoms with Gasteiger partial charge in [-0.05, 0) is 48.2 Å². The maximum atomic E-state index is 11.1.